The maximum absolute atomic E-state index is 2.36. The van der Waals surface area contributed by atoms with Gasteiger partial charge in [-0.3, -0.25) is 0 Å². The molecule has 0 saturated heterocycles. The first-order valence-electron chi connectivity index (χ1n) is 3.75. The van der Waals surface area contributed by atoms with E-state index in [-0.39, 0.29) is 0 Å². The highest BCUT2D eigenvalue weighted by molar-refractivity contribution is 5.28. The molecule has 1 atom stereocenters. The van der Waals surface area contributed by atoms with E-state index in [0.29, 0.717) is 0 Å². The van der Waals surface area contributed by atoms with Crippen molar-refractivity contribution in [1.29, 1.82) is 0 Å². The summed E-state index contributed by atoms with van der Waals surface area (Å²) in [5, 5.41) is 0. The number of allylic oxidation sites excluding steroid dienone is 4. The van der Waals surface area contributed by atoms with Crippen LogP contribution in [-0.2, 0) is 0 Å². The second kappa shape index (κ2) is 2.86. The van der Waals surface area contributed by atoms with Crippen LogP contribution in [-0.4, -0.2) is 0 Å². The molecule has 0 heteroatoms. The van der Waals surface area contributed by atoms with Crippen molar-refractivity contribution in [3.63, 3.8) is 0 Å². The predicted molar refractivity (Wildman–Crippen MR) is 41.3 cm³/mol. The average Bonchev–Trinajstić information content (AvgIpc) is 2.34. The molecule has 1 aliphatic carbocycles. The van der Waals surface area contributed by atoms with Crippen molar-refractivity contribution in [1.82, 2.24) is 0 Å². The smallest absolute Gasteiger partial charge is 0.00471 e. The van der Waals surface area contributed by atoms with Gasteiger partial charge in [0.15, 0.2) is 0 Å². The Balaban J connectivity index is 2.52. The van der Waals surface area contributed by atoms with Crippen LogP contribution in [0, 0.1) is 5.92 Å². The van der Waals surface area contributed by atoms with Gasteiger partial charge in [0.1, 0.15) is 0 Å². The highest BCUT2D eigenvalue weighted by Crippen LogP contribution is 2.20. The van der Waals surface area contributed by atoms with Crippen molar-refractivity contribution in [2.24, 2.45) is 5.92 Å². The molecule has 0 aromatic carbocycles. The molecule has 0 aromatic rings. The lowest BCUT2D eigenvalue weighted by molar-refractivity contribution is 0.781. The molecule has 1 aliphatic rings. The molecular weight excluding hydrogens is 108 g/mol. The highest BCUT2D eigenvalue weighted by atomic mass is 14.1. The molecule has 0 nitrogen and oxygen atoms in total. The van der Waals surface area contributed by atoms with Gasteiger partial charge in [-0.1, -0.05) is 37.6 Å². The lowest BCUT2D eigenvalue weighted by Crippen LogP contribution is -1.82. The van der Waals surface area contributed by atoms with Crippen molar-refractivity contribution in [2.45, 2.75) is 26.7 Å². The van der Waals surface area contributed by atoms with Crippen LogP contribution in [0.3, 0.4) is 0 Å². The van der Waals surface area contributed by atoms with E-state index < -0.39 is 0 Å². The van der Waals surface area contributed by atoms with E-state index in [0.717, 1.165) is 5.92 Å². The molecule has 1 rings (SSSR count). The second-order valence-electron chi connectivity index (χ2n) is 2.53. The van der Waals surface area contributed by atoms with Crippen LogP contribution in [0.1, 0.15) is 26.7 Å². The lowest BCUT2D eigenvalue weighted by Gasteiger charge is -1.95. The van der Waals surface area contributed by atoms with Gasteiger partial charge in [0, 0.05) is 0 Å². The molecule has 0 aromatic heterocycles. The Hall–Kier alpha value is -0.520. The third-order valence-electron chi connectivity index (χ3n) is 1.87. The molecule has 9 heavy (non-hydrogen) atoms. The first-order chi connectivity index (χ1) is 4.36. The van der Waals surface area contributed by atoms with E-state index in [4.69, 9.17) is 0 Å². The van der Waals surface area contributed by atoms with Crippen molar-refractivity contribution < 1.29 is 0 Å². The van der Waals surface area contributed by atoms with Gasteiger partial charge in [0.25, 0.3) is 0 Å². The van der Waals surface area contributed by atoms with Crippen LogP contribution in [0.2, 0.25) is 0 Å². The molecule has 0 saturated carbocycles. The molecule has 0 amide bonds. The molecule has 0 aliphatic heterocycles. The van der Waals surface area contributed by atoms with Crippen LogP contribution in [0.15, 0.2) is 23.8 Å². The van der Waals surface area contributed by atoms with Gasteiger partial charge in [0.05, 0.1) is 0 Å². The number of rotatable bonds is 2. The minimum atomic E-state index is 0.736. The summed E-state index contributed by atoms with van der Waals surface area (Å²) >= 11 is 0. The van der Waals surface area contributed by atoms with E-state index in [1.807, 2.05) is 0 Å². The average molecular weight is 122 g/mol. The van der Waals surface area contributed by atoms with Gasteiger partial charge in [0.2, 0.25) is 0 Å². The summed E-state index contributed by atoms with van der Waals surface area (Å²) in [4.78, 5) is 0. The van der Waals surface area contributed by atoms with E-state index in [9.17, 15) is 0 Å². The quantitative estimate of drug-likeness (QED) is 0.528. The number of hydrogen-bond donors (Lipinski definition) is 0. The topological polar surface area (TPSA) is 0 Å². The zero-order chi connectivity index (χ0) is 6.69. The zero-order valence-corrected chi connectivity index (χ0v) is 6.22. The Labute approximate surface area is 57.3 Å². The van der Waals surface area contributed by atoms with Gasteiger partial charge >= 0.3 is 0 Å². The summed E-state index contributed by atoms with van der Waals surface area (Å²) in [6.45, 7) is 4.43. The first-order valence-corrected chi connectivity index (χ1v) is 3.75. The molecule has 50 valence electrons. The lowest BCUT2D eigenvalue weighted by atomic mass is 10.1. The van der Waals surface area contributed by atoms with E-state index in [2.05, 4.69) is 32.1 Å². The van der Waals surface area contributed by atoms with Crippen molar-refractivity contribution in [3.8, 4) is 0 Å². The van der Waals surface area contributed by atoms with E-state index >= 15 is 0 Å². The molecule has 0 bridgehead atoms. The molecule has 1 unspecified atom stereocenters. The third kappa shape index (κ3) is 1.44. The molecule has 0 fully saturated rings. The van der Waals surface area contributed by atoms with Crippen LogP contribution in [0.4, 0.5) is 0 Å². The maximum Gasteiger partial charge on any atom is -0.00471 e. The molecule has 0 heterocycles. The third-order valence-corrected chi connectivity index (χ3v) is 1.87. The molecule has 0 N–H and O–H groups in total. The summed E-state index contributed by atoms with van der Waals surface area (Å²) in [5.74, 6) is 0.736. The fraction of sp³-hybridized carbons (Fsp3) is 0.556. The summed E-state index contributed by atoms with van der Waals surface area (Å²) < 4.78 is 0. The van der Waals surface area contributed by atoms with E-state index in [1.165, 1.54) is 18.4 Å². The maximum atomic E-state index is 2.36. The summed E-state index contributed by atoms with van der Waals surface area (Å²) in [7, 11) is 0. The fourth-order valence-electron chi connectivity index (χ4n) is 1.12. The minimum absolute atomic E-state index is 0.736. The Kier molecular flexibility index (Phi) is 2.10. The molecule has 0 spiro atoms. The van der Waals surface area contributed by atoms with Crippen LogP contribution < -0.4 is 0 Å². The Morgan fingerprint density at radius 2 is 2.22 bits per heavy atom. The van der Waals surface area contributed by atoms with Gasteiger partial charge in [-0.15, -0.1) is 0 Å². The van der Waals surface area contributed by atoms with Crippen molar-refractivity contribution in [2.75, 3.05) is 0 Å². The SMILES string of the molecule is CCC1=CC(CC)C=C1. The normalized spacial score (nSPS) is 24.7. The first kappa shape index (κ1) is 6.60. The molecule has 0 radical (unpaired) electrons. The zero-order valence-electron chi connectivity index (χ0n) is 6.22. The van der Waals surface area contributed by atoms with Gasteiger partial charge in [-0.2, -0.15) is 0 Å². The van der Waals surface area contributed by atoms with Gasteiger partial charge in [-0.05, 0) is 18.8 Å². The Morgan fingerprint density at radius 1 is 1.44 bits per heavy atom. The Bertz CT molecular complexity index is 140. The van der Waals surface area contributed by atoms with Crippen LogP contribution >= 0.6 is 0 Å². The second-order valence-corrected chi connectivity index (χ2v) is 2.53. The largest absolute Gasteiger partial charge is 0.0774 e. The summed E-state index contributed by atoms with van der Waals surface area (Å²) in [6.07, 6.45) is 9.33. The summed E-state index contributed by atoms with van der Waals surface area (Å²) in [5.41, 5.74) is 1.50. The van der Waals surface area contributed by atoms with Gasteiger partial charge in [-0.25, -0.2) is 0 Å². The monoisotopic (exact) mass is 122 g/mol. The number of hydrogen-bond acceptors (Lipinski definition) is 0. The van der Waals surface area contributed by atoms with Gasteiger partial charge < -0.3 is 0 Å². The standard InChI is InChI=1S/C9H14/c1-3-8-5-6-9(4-2)7-8/h5-8H,3-4H2,1-2H3. The molecular formula is C9H14. The van der Waals surface area contributed by atoms with Crippen LogP contribution in [0.25, 0.3) is 0 Å². The summed E-state index contributed by atoms with van der Waals surface area (Å²) in [6, 6.07) is 0. The fourth-order valence-corrected chi connectivity index (χ4v) is 1.12. The highest BCUT2D eigenvalue weighted by Gasteiger charge is 2.03. The minimum Gasteiger partial charge on any atom is -0.0774 e. The van der Waals surface area contributed by atoms with E-state index in [1.54, 1.807) is 0 Å². The predicted octanol–water partition coefficient (Wildman–Crippen LogP) is 2.92. The van der Waals surface area contributed by atoms with Crippen molar-refractivity contribution >= 4 is 0 Å². The van der Waals surface area contributed by atoms with Crippen molar-refractivity contribution in [3.05, 3.63) is 23.8 Å². The Morgan fingerprint density at radius 3 is 2.56 bits per heavy atom. The van der Waals surface area contributed by atoms with Crippen LogP contribution in [0.5, 0.6) is 0 Å².